The average Bonchev–Trinajstić information content (AvgIpc) is 1.67. The van der Waals surface area contributed by atoms with Gasteiger partial charge in [0, 0.05) is 19.4 Å². The average molecular weight is 136 g/mol. The standard InChI is InChI=1S/C5H13O2P/c1-5(2)8(4,6)7-3/h5H,1-4H3. The minimum absolute atomic E-state index is 0.146. The van der Waals surface area contributed by atoms with Crippen LogP contribution < -0.4 is 0 Å². The van der Waals surface area contributed by atoms with Crippen molar-refractivity contribution < 1.29 is 9.09 Å². The Hall–Kier alpha value is 0.190. The second-order valence-electron chi connectivity index (χ2n) is 2.19. The number of hydrogen-bond acceptors (Lipinski definition) is 2. The van der Waals surface area contributed by atoms with E-state index in [0.717, 1.165) is 0 Å². The molecule has 0 fully saturated rings. The van der Waals surface area contributed by atoms with Gasteiger partial charge in [-0.3, -0.25) is 4.57 Å². The SMILES string of the molecule is COP(C)(=O)C(C)C. The maximum absolute atomic E-state index is 11.1. The Kier molecular flexibility index (Phi) is 2.72. The molecule has 0 N–H and O–H groups in total. The summed E-state index contributed by atoms with van der Waals surface area (Å²) in [4.78, 5) is 0. The molecular formula is C5H13O2P. The van der Waals surface area contributed by atoms with Crippen LogP contribution in [-0.4, -0.2) is 19.4 Å². The van der Waals surface area contributed by atoms with Crippen molar-refractivity contribution in [3.8, 4) is 0 Å². The lowest BCUT2D eigenvalue weighted by Gasteiger charge is -2.13. The molecule has 0 aliphatic heterocycles. The first-order chi connectivity index (χ1) is 3.50. The molecule has 0 bridgehead atoms. The van der Waals surface area contributed by atoms with E-state index >= 15 is 0 Å². The third-order valence-electron chi connectivity index (χ3n) is 1.30. The first kappa shape index (κ1) is 8.19. The summed E-state index contributed by atoms with van der Waals surface area (Å²) in [7, 11) is -0.758. The lowest BCUT2D eigenvalue weighted by atomic mass is 10.6. The van der Waals surface area contributed by atoms with Crippen LogP contribution in [0, 0.1) is 0 Å². The molecule has 0 heterocycles. The molecule has 0 radical (unpaired) electrons. The van der Waals surface area contributed by atoms with Crippen LogP contribution in [0.1, 0.15) is 13.8 Å². The smallest absolute Gasteiger partial charge is 0.202 e. The van der Waals surface area contributed by atoms with Gasteiger partial charge < -0.3 is 4.52 Å². The maximum Gasteiger partial charge on any atom is 0.202 e. The van der Waals surface area contributed by atoms with Crippen LogP contribution >= 0.6 is 7.37 Å². The molecule has 1 unspecified atom stereocenters. The van der Waals surface area contributed by atoms with Gasteiger partial charge in [0.25, 0.3) is 0 Å². The summed E-state index contributed by atoms with van der Waals surface area (Å²) in [5, 5.41) is 0. The molecule has 8 heavy (non-hydrogen) atoms. The summed E-state index contributed by atoms with van der Waals surface area (Å²) >= 11 is 0. The first-order valence-corrected chi connectivity index (χ1v) is 4.77. The van der Waals surface area contributed by atoms with Crippen molar-refractivity contribution in [2.24, 2.45) is 0 Å². The highest BCUT2D eigenvalue weighted by atomic mass is 31.2. The summed E-state index contributed by atoms with van der Waals surface area (Å²) in [5.41, 5.74) is 0.146. The van der Waals surface area contributed by atoms with Gasteiger partial charge in [-0.1, -0.05) is 13.8 Å². The first-order valence-electron chi connectivity index (χ1n) is 2.63. The lowest BCUT2D eigenvalue weighted by molar-refractivity contribution is 0.392. The molecule has 0 amide bonds. The zero-order valence-electron chi connectivity index (χ0n) is 5.84. The van der Waals surface area contributed by atoms with Crippen LogP contribution in [-0.2, 0) is 9.09 Å². The van der Waals surface area contributed by atoms with Crippen molar-refractivity contribution in [1.82, 2.24) is 0 Å². The zero-order valence-corrected chi connectivity index (χ0v) is 6.74. The van der Waals surface area contributed by atoms with E-state index < -0.39 is 7.37 Å². The minimum Gasteiger partial charge on any atom is -0.332 e. The van der Waals surface area contributed by atoms with E-state index in [9.17, 15) is 4.57 Å². The van der Waals surface area contributed by atoms with E-state index in [2.05, 4.69) is 0 Å². The molecule has 0 saturated carbocycles. The highest BCUT2D eigenvalue weighted by Crippen LogP contribution is 2.46. The molecule has 0 aliphatic carbocycles. The van der Waals surface area contributed by atoms with Crippen LogP contribution in [0.3, 0.4) is 0 Å². The van der Waals surface area contributed by atoms with Gasteiger partial charge >= 0.3 is 0 Å². The predicted octanol–water partition coefficient (Wildman–Crippen LogP) is 1.95. The third kappa shape index (κ3) is 1.97. The molecule has 0 saturated heterocycles. The van der Waals surface area contributed by atoms with Gasteiger partial charge in [-0.25, -0.2) is 0 Å². The largest absolute Gasteiger partial charge is 0.332 e. The monoisotopic (exact) mass is 136 g/mol. The summed E-state index contributed by atoms with van der Waals surface area (Å²) in [6.07, 6.45) is 0. The van der Waals surface area contributed by atoms with Crippen LogP contribution in [0.5, 0.6) is 0 Å². The van der Waals surface area contributed by atoms with Gasteiger partial charge in [0.15, 0.2) is 0 Å². The lowest BCUT2D eigenvalue weighted by Crippen LogP contribution is -1.96. The minimum atomic E-state index is -2.25. The maximum atomic E-state index is 11.1. The highest BCUT2D eigenvalue weighted by Gasteiger charge is 2.17. The van der Waals surface area contributed by atoms with Crippen molar-refractivity contribution >= 4 is 7.37 Å². The van der Waals surface area contributed by atoms with Gasteiger partial charge in [-0.2, -0.15) is 0 Å². The molecule has 1 atom stereocenters. The topological polar surface area (TPSA) is 26.3 Å². The Morgan fingerprint density at radius 2 is 1.88 bits per heavy atom. The summed E-state index contributed by atoms with van der Waals surface area (Å²) in [5.74, 6) is 0. The van der Waals surface area contributed by atoms with E-state index in [1.54, 1.807) is 6.66 Å². The molecule has 0 aromatic carbocycles. The quantitative estimate of drug-likeness (QED) is 0.542. The summed E-state index contributed by atoms with van der Waals surface area (Å²) < 4.78 is 15.8. The molecule has 0 spiro atoms. The van der Waals surface area contributed by atoms with E-state index in [-0.39, 0.29) is 5.66 Å². The van der Waals surface area contributed by atoms with Gasteiger partial charge in [0.1, 0.15) is 0 Å². The van der Waals surface area contributed by atoms with E-state index in [1.807, 2.05) is 13.8 Å². The fraction of sp³-hybridized carbons (Fsp3) is 1.00. The summed E-state index contributed by atoms with van der Waals surface area (Å²) in [6.45, 7) is 5.44. The Labute approximate surface area is 50.7 Å². The zero-order chi connectivity index (χ0) is 6.78. The second kappa shape index (κ2) is 2.65. The van der Waals surface area contributed by atoms with Gasteiger partial charge in [0.05, 0.1) is 0 Å². The van der Waals surface area contributed by atoms with Crippen LogP contribution in [0.15, 0.2) is 0 Å². The molecule has 0 aliphatic rings. The second-order valence-corrected chi connectivity index (χ2v) is 5.40. The molecule has 0 aromatic rings. The molecule has 3 heteroatoms. The van der Waals surface area contributed by atoms with Crippen molar-refractivity contribution in [3.05, 3.63) is 0 Å². The molecule has 0 rings (SSSR count). The van der Waals surface area contributed by atoms with Gasteiger partial charge in [0.2, 0.25) is 7.37 Å². The van der Waals surface area contributed by atoms with Crippen LogP contribution in [0.25, 0.3) is 0 Å². The number of rotatable bonds is 2. The van der Waals surface area contributed by atoms with Crippen LogP contribution in [0.2, 0.25) is 0 Å². The fourth-order valence-electron chi connectivity index (χ4n) is 0.211. The van der Waals surface area contributed by atoms with E-state index in [4.69, 9.17) is 4.52 Å². The highest BCUT2D eigenvalue weighted by molar-refractivity contribution is 7.58. The Morgan fingerprint density at radius 3 is 1.88 bits per heavy atom. The van der Waals surface area contributed by atoms with Crippen molar-refractivity contribution in [2.75, 3.05) is 13.8 Å². The normalized spacial score (nSPS) is 18.6. The Morgan fingerprint density at radius 1 is 1.50 bits per heavy atom. The molecule has 50 valence electrons. The van der Waals surface area contributed by atoms with E-state index in [1.165, 1.54) is 7.11 Å². The Balaban J connectivity index is 3.93. The summed E-state index contributed by atoms with van der Waals surface area (Å²) in [6, 6.07) is 0. The fourth-order valence-corrected chi connectivity index (χ4v) is 0.632. The molecule has 0 aromatic heterocycles. The Bertz CT molecular complexity index is 109. The van der Waals surface area contributed by atoms with Gasteiger partial charge in [-0.05, 0) is 0 Å². The molecule has 2 nitrogen and oxygen atoms in total. The van der Waals surface area contributed by atoms with Crippen molar-refractivity contribution in [2.45, 2.75) is 19.5 Å². The van der Waals surface area contributed by atoms with Crippen LogP contribution in [0.4, 0.5) is 0 Å². The number of hydrogen-bond donors (Lipinski definition) is 0. The third-order valence-corrected chi connectivity index (χ3v) is 3.90. The van der Waals surface area contributed by atoms with Gasteiger partial charge in [-0.15, -0.1) is 0 Å². The van der Waals surface area contributed by atoms with E-state index in [0.29, 0.717) is 0 Å². The van der Waals surface area contributed by atoms with Crippen molar-refractivity contribution in [3.63, 3.8) is 0 Å². The van der Waals surface area contributed by atoms with Crippen molar-refractivity contribution in [1.29, 1.82) is 0 Å². The molecular weight excluding hydrogens is 123 g/mol. The predicted molar refractivity (Wildman–Crippen MR) is 35.7 cm³/mol.